The minimum atomic E-state index is -0.456. The van der Waals surface area contributed by atoms with E-state index < -0.39 is 5.91 Å². The SMILES string of the molecule is Cc1cc(-c2ccc(N=N)c(NC(C)c3ccc4ncccc4c3)n2)ccc1C(N)=O. The van der Waals surface area contributed by atoms with E-state index in [1.165, 1.54) is 0 Å². The van der Waals surface area contributed by atoms with Crippen molar-refractivity contribution in [3.8, 4) is 11.3 Å². The Hall–Kier alpha value is -4.13. The molecule has 0 saturated carbocycles. The summed E-state index contributed by atoms with van der Waals surface area (Å²) in [5.41, 5.74) is 18.2. The highest BCUT2D eigenvalue weighted by molar-refractivity contribution is 5.94. The summed E-state index contributed by atoms with van der Waals surface area (Å²) in [6, 6.07) is 19.0. The molecule has 0 spiro atoms. The van der Waals surface area contributed by atoms with Crippen molar-refractivity contribution in [2.24, 2.45) is 10.8 Å². The average molecular weight is 410 g/mol. The van der Waals surface area contributed by atoms with Gasteiger partial charge in [0.2, 0.25) is 5.91 Å². The number of fused-ring (bicyclic) bond motifs is 1. The van der Waals surface area contributed by atoms with Crippen LogP contribution >= 0.6 is 0 Å². The van der Waals surface area contributed by atoms with E-state index in [0.717, 1.165) is 27.6 Å². The van der Waals surface area contributed by atoms with Crippen molar-refractivity contribution in [3.05, 3.63) is 83.6 Å². The lowest BCUT2D eigenvalue weighted by Gasteiger charge is -2.17. The third-order valence-corrected chi connectivity index (χ3v) is 5.26. The molecule has 7 nitrogen and oxygen atoms in total. The van der Waals surface area contributed by atoms with Crippen molar-refractivity contribution in [2.75, 3.05) is 5.32 Å². The predicted molar refractivity (Wildman–Crippen MR) is 122 cm³/mol. The second-order valence-corrected chi connectivity index (χ2v) is 7.39. The van der Waals surface area contributed by atoms with E-state index in [9.17, 15) is 4.79 Å². The Labute approximate surface area is 179 Å². The first-order chi connectivity index (χ1) is 15.0. The Morgan fingerprint density at radius 3 is 2.71 bits per heavy atom. The molecule has 0 saturated heterocycles. The topological polar surface area (TPSA) is 117 Å². The summed E-state index contributed by atoms with van der Waals surface area (Å²) in [5.74, 6) is 0.0602. The van der Waals surface area contributed by atoms with Gasteiger partial charge >= 0.3 is 0 Å². The lowest BCUT2D eigenvalue weighted by molar-refractivity contribution is 0.0999. The Morgan fingerprint density at radius 1 is 1.13 bits per heavy atom. The van der Waals surface area contributed by atoms with Crippen LogP contribution in [0.5, 0.6) is 0 Å². The van der Waals surface area contributed by atoms with Crippen LogP contribution in [0.2, 0.25) is 0 Å². The van der Waals surface area contributed by atoms with Gasteiger partial charge in [-0.25, -0.2) is 10.5 Å². The van der Waals surface area contributed by atoms with Crippen LogP contribution in [0.25, 0.3) is 22.2 Å². The third-order valence-electron chi connectivity index (χ3n) is 5.26. The molecule has 4 N–H and O–H groups in total. The van der Waals surface area contributed by atoms with Gasteiger partial charge in [0.15, 0.2) is 5.82 Å². The summed E-state index contributed by atoms with van der Waals surface area (Å²) in [6.45, 7) is 3.87. The number of amides is 1. The summed E-state index contributed by atoms with van der Waals surface area (Å²) < 4.78 is 0. The van der Waals surface area contributed by atoms with E-state index in [4.69, 9.17) is 16.2 Å². The number of benzene rings is 2. The van der Waals surface area contributed by atoms with Crippen molar-refractivity contribution in [1.82, 2.24) is 9.97 Å². The molecule has 0 radical (unpaired) electrons. The fraction of sp³-hybridized carbons (Fsp3) is 0.125. The van der Waals surface area contributed by atoms with E-state index in [2.05, 4.69) is 21.5 Å². The Morgan fingerprint density at radius 2 is 1.97 bits per heavy atom. The number of nitrogens with two attached hydrogens (primary N) is 1. The van der Waals surface area contributed by atoms with Gasteiger partial charge in [0.25, 0.3) is 0 Å². The van der Waals surface area contributed by atoms with Crippen molar-refractivity contribution in [3.63, 3.8) is 0 Å². The van der Waals surface area contributed by atoms with Gasteiger partial charge in [-0.1, -0.05) is 18.2 Å². The molecule has 4 rings (SSSR count). The Balaban J connectivity index is 1.66. The summed E-state index contributed by atoms with van der Waals surface area (Å²) in [7, 11) is 0. The maximum absolute atomic E-state index is 11.5. The number of carbonyl (C=O) groups is 1. The standard InChI is InChI=1S/C24H22N6O/c1-14-12-18(5-7-19(14)23(25)31)21-9-10-22(30-26)24(29-21)28-15(2)16-6-8-20-17(13-16)4-3-11-27-20/h3-13,15,26H,1-2H3,(H2,25,31)(H,28,29). The normalized spacial score (nSPS) is 11.8. The highest BCUT2D eigenvalue weighted by Gasteiger charge is 2.13. The lowest BCUT2D eigenvalue weighted by Crippen LogP contribution is -2.12. The van der Waals surface area contributed by atoms with E-state index in [-0.39, 0.29) is 6.04 Å². The molecule has 1 unspecified atom stereocenters. The number of hydrogen-bond donors (Lipinski definition) is 3. The van der Waals surface area contributed by atoms with Crippen LogP contribution in [0.4, 0.5) is 11.5 Å². The number of anilines is 1. The van der Waals surface area contributed by atoms with Crippen molar-refractivity contribution in [1.29, 1.82) is 5.53 Å². The Bertz CT molecular complexity index is 1300. The number of carbonyl (C=O) groups excluding carboxylic acids is 1. The molecular weight excluding hydrogens is 388 g/mol. The smallest absolute Gasteiger partial charge is 0.248 e. The maximum atomic E-state index is 11.5. The van der Waals surface area contributed by atoms with Gasteiger partial charge in [0.05, 0.1) is 17.3 Å². The van der Waals surface area contributed by atoms with Crippen LogP contribution in [0.15, 0.2) is 72.0 Å². The monoisotopic (exact) mass is 410 g/mol. The van der Waals surface area contributed by atoms with E-state index in [1.54, 1.807) is 18.3 Å². The molecule has 2 aromatic heterocycles. The zero-order valence-electron chi connectivity index (χ0n) is 17.3. The van der Waals surface area contributed by atoms with E-state index in [1.807, 2.05) is 56.3 Å². The average Bonchev–Trinajstić information content (AvgIpc) is 2.78. The molecule has 2 heterocycles. The van der Waals surface area contributed by atoms with Crippen molar-refractivity contribution < 1.29 is 4.79 Å². The van der Waals surface area contributed by atoms with Gasteiger partial charge in [-0.05, 0) is 67.4 Å². The number of aromatic nitrogens is 2. The Kier molecular flexibility index (Phi) is 5.41. The lowest BCUT2D eigenvalue weighted by atomic mass is 10.0. The minimum Gasteiger partial charge on any atom is -0.366 e. The molecule has 1 atom stereocenters. The fourth-order valence-corrected chi connectivity index (χ4v) is 3.56. The van der Waals surface area contributed by atoms with Gasteiger partial charge in [-0.2, -0.15) is 5.11 Å². The first-order valence-corrected chi connectivity index (χ1v) is 9.87. The van der Waals surface area contributed by atoms with Crippen molar-refractivity contribution >= 4 is 28.3 Å². The zero-order chi connectivity index (χ0) is 22.0. The van der Waals surface area contributed by atoms with Gasteiger partial charge in [-0.15, -0.1) is 0 Å². The molecule has 4 aromatic rings. The van der Waals surface area contributed by atoms with Gasteiger partial charge in [0.1, 0.15) is 5.69 Å². The number of pyridine rings is 2. The molecule has 2 aromatic carbocycles. The molecule has 7 heteroatoms. The van der Waals surface area contributed by atoms with Gasteiger partial charge < -0.3 is 11.1 Å². The maximum Gasteiger partial charge on any atom is 0.248 e. The van der Waals surface area contributed by atoms with Crippen LogP contribution in [0, 0.1) is 12.5 Å². The molecule has 0 bridgehead atoms. The highest BCUT2D eigenvalue weighted by atomic mass is 16.1. The van der Waals surface area contributed by atoms with Gasteiger partial charge in [0, 0.05) is 22.7 Å². The number of nitrogens with zero attached hydrogens (tertiary/aromatic N) is 3. The molecule has 0 aliphatic heterocycles. The minimum absolute atomic E-state index is 0.0631. The highest BCUT2D eigenvalue weighted by Crippen LogP contribution is 2.31. The molecule has 1 amide bonds. The molecule has 31 heavy (non-hydrogen) atoms. The van der Waals surface area contributed by atoms with Crippen LogP contribution in [-0.2, 0) is 0 Å². The number of aryl methyl sites for hydroxylation is 1. The van der Waals surface area contributed by atoms with E-state index in [0.29, 0.717) is 22.8 Å². The van der Waals surface area contributed by atoms with Crippen molar-refractivity contribution in [2.45, 2.75) is 19.9 Å². The number of primary amides is 1. The molecular formula is C24H22N6O. The van der Waals surface area contributed by atoms with Crippen LogP contribution < -0.4 is 11.1 Å². The molecule has 0 aliphatic carbocycles. The van der Waals surface area contributed by atoms with Crippen LogP contribution in [0.3, 0.4) is 0 Å². The fourth-order valence-electron chi connectivity index (χ4n) is 3.56. The summed E-state index contributed by atoms with van der Waals surface area (Å²) in [4.78, 5) is 20.6. The second kappa shape index (κ2) is 8.31. The summed E-state index contributed by atoms with van der Waals surface area (Å²) >= 11 is 0. The van der Waals surface area contributed by atoms with E-state index >= 15 is 0 Å². The number of nitrogens with one attached hydrogen (secondary N) is 2. The first kappa shape index (κ1) is 20.2. The van der Waals surface area contributed by atoms with Crippen LogP contribution in [-0.4, -0.2) is 15.9 Å². The third kappa shape index (κ3) is 4.11. The number of hydrogen-bond acceptors (Lipinski definition) is 6. The van der Waals surface area contributed by atoms with Crippen LogP contribution in [0.1, 0.15) is 34.5 Å². The molecule has 0 fully saturated rings. The quantitative estimate of drug-likeness (QED) is 0.362. The first-order valence-electron chi connectivity index (χ1n) is 9.87. The van der Waals surface area contributed by atoms with Gasteiger partial charge in [-0.3, -0.25) is 9.78 Å². The number of rotatable bonds is 6. The second-order valence-electron chi connectivity index (χ2n) is 7.39. The predicted octanol–water partition coefficient (Wildman–Crippen LogP) is 5.54. The summed E-state index contributed by atoms with van der Waals surface area (Å²) in [6.07, 6.45) is 1.78. The molecule has 0 aliphatic rings. The summed E-state index contributed by atoms with van der Waals surface area (Å²) in [5, 5.41) is 8.05. The molecule has 154 valence electrons. The largest absolute Gasteiger partial charge is 0.366 e. The zero-order valence-corrected chi connectivity index (χ0v) is 17.3.